The predicted molar refractivity (Wildman–Crippen MR) is 28.6 cm³/mol. The molecule has 3 heteroatoms. The summed E-state index contributed by atoms with van der Waals surface area (Å²) in [6.45, 7) is 0. The van der Waals surface area contributed by atoms with Crippen molar-refractivity contribution in [3.05, 3.63) is 18.3 Å². The highest BCUT2D eigenvalue weighted by Gasteiger charge is 1.79. The lowest BCUT2D eigenvalue weighted by molar-refractivity contribution is 1.27. The molecule has 0 fully saturated rings. The molecule has 0 aliphatic carbocycles. The Morgan fingerprint density at radius 2 is 2.57 bits per heavy atom. The predicted octanol–water partition coefficient (Wildman–Crippen LogP) is 0.300. The number of hydrogen-bond acceptors (Lipinski definition) is 2. The van der Waals surface area contributed by atoms with E-state index in [1.165, 1.54) is 0 Å². The van der Waals surface area contributed by atoms with Crippen LogP contribution in [-0.2, 0) is 0 Å². The van der Waals surface area contributed by atoms with Crippen LogP contribution in [0.5, 0.6) is 0 Å². The molecular weight excluding hydrogens is 90.1 g/mol. The van der Waals surface area contributed by atoms with E-state index in [1.807, 2.05) is 12.1 Å². The minimum absolute atomic E-state index is 0.833. The van der Waals surface area contributed by atoms with E-state index in [1.54, 1.807) is 6.20 Å². The quantitative estimate of drug-likeness (QED) is 0.348. The number of nitrogen functional groups attached to an aromatic ring is 1. The van der Waals surface area contributed by atoms with E-state index >= 15 is 0 Å². The largest absolute Gasteiger partial charge is 0.347 e. The van der Waals surface area contributed by atoms with E-state index in [0.29, 0.717) is 0 Å². The summed E-state index contributed by atoms with van der Waals surface area (Å²) in [6, 6.07) is 3.72. The first-order valence-electron chi connectivity index (χ1n) is 2.03. The minimum atomic E-state index is 0.833. The molecule has 0 aromatic carbocycles. The van der Waals surface area contributed by atoms with Crippen LogP contribution in [-0.4, -0.2) is 4.98 Å². The molecule has 0 aliphatic rings. The molecule has 0 saturated carbocycles. The van der Waals surface area contributed by atoms with Crippen molar-refractivity contribution in [2.24, 2.45) is 5.84 Å². The fourth-order valence-electron chi connectivity index (χ4n) is 0.420. The highest BCUT2D eigenvalue weighted by molar-refractivity contribution is 5.31. The topological polar surface area (TPSA) is 53.8 Å². The maximum absolute atomic E-state index is 5.01. The second-order valence-corrected chi connectivity index (χ2v) is 1.23. The van der Waals surface area contributed by atoms with Crippen LogP contribution in [0.15, 0.2) is 18.3 Å². The molecule has 0 radical (unpaired) electrons. The van der Waals surface area contributed by atoms with Crippen molar-refractivity contribution in [3.8, 4) is 0 Å². The summed E-state index contributed by atoms with van der Waals surface area (Å²) >= 11 is 0. The number of hydrazine groups is 1. The molecule has 1 aromatic rings. The number of hydrogen-bond donors (Lipinski definition) is 3. The summed E-state index contributed by atoms with van der Waals surface area (Å²) < 4.78 is 0. The summed E-state index contributed by atoms with van der Waals surface area (Å²) in [5.41, 5.74) is 2.45. The SMILES string of the molecule is NNc1ccc[nH]1. The molecule has 0 amide bonds. The van der Waals surface area contributed by atoms with E-state index in [-0.39, 0.29) is 0 Å². The third kappa shape index (κ3) is 0.721. The number of nitrogens with two attached hydrogens (primary N) is 1. The number of H-pyrrole nitrogens is 1. The van der Waals surface area contributed by atoms with Crippen LogP contribution >= 0.6 is 0 Å². The fourth-order valence-corrected chi connectivity index (χ4v) is 0.420. The summed E-state index contributed by atoms with van der Waals surface area (Å²) in [5, 5.41) is 0. The van der Waals surface area contributed by atoms with Gasteiger partial charge in [0.15, 0.2) is 0 Å². The zero-order valence-corrected chi connectivity index (χ0v) is 3.81. The van der Waals surface area contributed by atoms with E-state index in [0.717, 1.165) is 5.82 Å². The standard InChI is InChI=1S/C4H7N3/c5-7-4-2-1-3-6-4/h1-3,6-7H,5H2. The average molecular weight is 97.1 g/mol. The first-order valence-corrected chi connectivity index (χ1v) is 2.03. The molecular formula is C4H7N3. The summed E-state index contributed by atoms with van der Waals surface area (Å²) in [7, 11) is 0. The Bertz CT molecular complexity index is 121. The molecule has 38 valence electrons. The Morgan fingerprint density at radius 1 is 1.71 bits per heavy atom. The van der Waals surface area contributed by atoms with E-state index in [2.05, 4.69) is 10.4 Å². The van der Waals surface area contributed by atoms with Crippen LogP contribution in [0.3, 0.4) is 0 Å². The second-order valence-electron chi connectivity index (χ2n) is 1.23. The first-order chi connectivity index (χ1) is 3.43. The van der Waals surface area contributed by atoms with Crippen LogP contribution in [0.1, 0.15) is 0 Å². The van der Waals surface area contributed by atoms with Gasteiger partial charge in [-0.05, 0) is 12.1 Å². The van der Waals surface area contributed by atoms with Gasteiger partial charge in [0.1, 0.15) is 5.82 Å². The van der Waals surface area contributed by atoms with Gasteiger partial charge in [0.05, 0.1) is 0 Å². The van der Waals surface area contributed by atoms with Crippen LogP contribution in [0, 0.1) is 0 Å². The first kappa shape index (κ1) is 4.21. The smallest absolute Gasteiger partial charge is 0.117 e. The third-order valence-electron chi connectivity index (χ3n) is 0.753. The summed E-state index contributed by atoms with van der Waals surface area (Å²) in [5.74, 6) is 5.85. The fraction of sp³-hybridized carbons (Fsp3) is 0. The van der Waals surface area contributed by atoms with Crippen molar-refractivity contribution in [3.63, 3.8) is 0 Å². The number of aromatic nitrogens is 1. The zero-order valence-electron chi connectivity index (χ0n) is 3.81. The molecule has 4 N–H and O–H groups in total. The van der Waals surface area contributed by atoms with Gasteiger partial charge in [0.2, 0.25) is 0 Å². The molecule has 1 aromatic heterocycles. The molecule has 0 unspecified atom stereocenters. The van der Waals surface area contributed by atoms with Crippen molar-refractivity contribution >= 4 is 5.82 Å². The second kappa shape index (κ2) is 1.66. The Labute approximate surface area is 41.5 Å². The van der Waals surface area contributed by atoms with E-state index in [9.17, 15) is 0 Å². The Morgan fingerprint density at radius 3 is 2.86 bits per heavy atom. The number of aromatic amines is 1. The van der Waals surface area contributed by atoms with E-state index in [4.69, 9.17) is 5.84 Å². The maximum Gasteiger partial charge on any atom is 0.117 e. The van der Waals surface area contributed by atoms with Crippen molar-refractivity contribution in [2.45, 2.75) is 0 Å². The molecule has 0 saturated heterocycles. The summed E-state index contributed by atoms with van der Waals surface area (Å²) in [4.78, 5) is 2.85. The Hall–Kier alpha value is -0.960. The average Bonchev–Trinajstić information content (AvgIpc) is 2.14. The van der Waals surface area contributed by atoms with Crippen LogP contribution in [0.2, 0.25) is 0 Å². The minimum Gasteiger partial charge on any atom is -0.347 e. The van der Waals surface area contributed by atoms with Gasteiger partial charge in [-0.3, -0.25) is 0 Å². The lowest BCUT2D eigenvalue weighted by Gasteiger charge is -1.87. The molecule has 0 aliphatic heterocycles. The van der Waals surface area contributed by atoms with Gasteiger partial charge in [-0.15, -0.1) is 0 Å². The number of anilines is 1. The molecule has 1 heterocycles. The van der Waals surface area contributed by atoms with Gasteiger partial charge in [-0.25, -0.2) is 5.84 Å². The van der Waals surface area contributed by atoms with Crippen molar-refractivity contribution in [1.29, 1.82) is 0 Å². The molecule has 0 bridgehead atoms. The van der Waals surface area contributed by atoms with Gasteiger partial charge in [-0.1, -0.05) is 0 Å². The highest BCUT2D eigenvalue weighted by atomic mass is 15.2. The van der Waals surface area contributed by atoms with Crippen molar-refractivity contribution in [2.75, 3.05) is 5.43 Å². The van der Waals surface area contributed by atoms with Gasteiger partial charge in [0, 0.05) is 6.20 Å². The Balaban J connectivity index is 2.76. The molecule has 1 rings (SSSR count). The normalized spacial score (nSPS) is 8.71. The van der Waals surface area contributed by atoms with Crippen molar-refractivity contribution in [1.82, 2.24) is 4.98 Å². The van der Waals surface area contributed by atoms with Gasteiger partial charge < -0.3 is 10.4 Å². The Kier molecular flexibility index (Phi) is 0.997. The number of rotatable bonds is 1. The van der Waals surface area contributed by atoms with Crippen LogP contribution in [0.25, 0.3) is 0 Å². The molecule has 0 spiro atoms. The van der Waals surface area contributed by atoms with Gasteiger partial charge in [-0.2, -0.15) is 0 Å². The van der Waals surface area contributed by atoms with Gasteiger partial charge >= 0.3 is 0 Å². The number of nitrogens with one attached hydrogen (secondary N) is 2. The molecule has 7 heavy (non-hydrogen) atoms. The molecule has 0 atom stereocenters. The monoisotopic (exact) mass is 97.1 g/mol. The summed E-state index contributed by atoms with van der Waals surface area (Å²) in [6.07, 6.45) is 1.80. The molecule has 3 nitrogen and oxygen atoms in total. The highest BCUT2D eigenvalue weighted by Crippen LogP contribution is 1.95. The van der Waals surface area contributed by atoms with E-state index < -0.39 is 0 Å². The van der Waals surface area contributed by atoms with Crippen molar-refractivity contribution < 1.29 is 0 Å². The third-order valence-corrected chi connectivity index (χ3v) is 0.753. The zero-order chi connectivity index (χ0) is 5.11. The van der Waals surface area contributed by atoms with Crippen LogP contribution < -0.4 is 11.3 Å². The van der Waals surface area contributed by atoms with Crippen LogP contribution in [0.4, 0.5) is 5.82 Å². The lowest BCUT2D eigenvalue weighted by atomic mass is 10.6. The van der Waals surface area contributed by atoms with Gasteiger partial charge in [0.25, 0.3) is 0 Å². The maximum atomic E-state index is 5.01. The lowest BCUT2D eigenvalue weighted by Crippen LogP contribution is -2.06.